The standard InChI is InChI=1S/C14H16N4O2/c15-10-3-1-2-9-8-11(17-13(9)10)14(20)18-6-4-12(19)16-5-7-18/h1-3,8,17H,4-7,15H2,(H,16,19). The van der Waals surface area contributed by atoms with E-state index in [1.807, 2.05) is 12.1 Å². The number of aromatic nitrogens is 1. The van der Waals surface area contributed by atoms with Gasteiger partial charge < -0.3 is 20.9 Å². The number of nitrogens with two attached hydrogens (primary N) is 1. The summed E-state index contributed by atoms with van der Waals surface area (Å²) in [6, 6.07) is 7.36. The number of nitrogens with zero attached hydrogens (tertiary/aromatic N) is 1. The Morgan fingerprint density at radius 3 is 2.95 bits per heavy atom. The molecular formula is C14H16N4O2. The number of aromatic amines is 1. The van der Waals surface area contributed by atoms with Crippen LogP contribution in [0.4, 0.5) is 5.69 Å². The number of nitrogens with one attached hydrogen (secondary N) is 2. The van der Waals surface area contributed by atoms with Crippen LogP contribution in [0.2, 0.25) is 0 Å². The maximum Gasteiger partial charge on any atom is 0.270 e. The lowest BCUT2D eigenvalue weighted by molar-refractivity contribution is -0.120. The first-order valence-corrected chi connectivity index (χ1v) is 6.58. The van der Waals surface area contributed by atoms with Crippen molar-refractivity contribution in [3.63, 3.8) is 0 Å². The number of anilines is 1. The lowest BCUT2D eigenvalue weighted by Gasteiger charge is -2.18. The molecule has 0 spiro atoms. The van der Waals surface area contributed by atoms with Crippen molar-refractivity contribution in [1.29, 1.82) is 0 Å². The number of rotatable bonds is 1. The first-order chi connectivity index (χ1) is 9.65. The van der Waals surface area contributed by atoms with Crippen LogP contribution >= 0.6 is 0 Å². The third-order valence-electron chi connectivity index (χ3n) is 3.52. The molecule has 104 valence electrons. The molecule has 0 bridgehead atoms. The predicted molar refractivity (Wildman–Crippen MR) is 76.2 cm³/mol. The van der Waals surface area contributed by atoms with Gasteiger partial charge in [-0.05, 0) is 12.1 Å². The molecule has 0 unspecified atom stereocenters. The van der Waals surface area contributed by atoms with Gasteiger partial charge in [0.05, 0.1) is 11.2 Å². The van der Waals surface area contributed by atoms with Crippen molar-refractivity contribution < 1.29 is 9.59 Å². The highest BCUT2D eigenvalue weighted by Gasteiger charge is 2.21. The lowest BCUT2D eigenvalue weighted by Crippen LogP contribution is -2.34. The van der Waals surface area contributed by atoms with Gasteiger partial charge in [-0.3, -0.25) is 9.59 Å². The Bertz CT molecular complexity index is 677. The van der Waals surface area contributed by atoms with Gasteiger partial charge in [0, 0.05) is 31.4 Å². The minimum atomic E-state index is -0.0999. The van der Waals surface area contributed by atoms with Crippen molar-refractivity contribution in [2.75, 3.05) is 25.4 Å². The molecule has 0 aliphatic carbocycles. The molecule has 0 radical (unpaired) electrons. The summed E-state index contributed by atoms with van der Waals surface area (Å²) >= 11 is 0. The molecule has 6 nitrogen and oxygen atoms in total. The summed E-state index contributed by atoms with van der Waals surface area (Å²) in [4.78, 5) is 28.5. The first kappa shape index (κ1) is 12.5. The number of hydrogen-bond donors (Lipinski definition) is 3. The number of para-hydroxylation sites is 1. The molecule has 2 heterocycles. The summed E-state index contributed by atoms with van der Waals surface area (Å²) in [5.74, 6) is -0.113. The maximum atomic E-state index is 12.5. The number of carbonyl (C=O) groups excluding carboxylic acids is 2. The van der Waals surface area contributed by atoms with Crippen LogP contribution in [0, 0.1) is 0 Å². The van der Waals surface area contributed by atoms with Crippen LogP contribution in [-0.2, 0) is 4.79 Å². The average molecular weight is 272 g/mol. The maximum absolute atomic E-state index is 12.5. The van der Waals surface area contributed by atoms with Gasteiger partial charge in [-0.1, -0.05) is 12.1 Å². The summed E-state index contributed by atoms with van der Waals surface area (Å²) in [7, 11) is 0. The summed E-state index contributed by atoms with van der Waals surface area (Å²) < 4.78 is 0. The molecule has 1 fully saturated rings. The normalized spacial score (nSPS) is 16.0. The van der Waals surface area contributed by atoms with Gasteiger partial charge in [-0.25, -0.2) is 0 Å². The Morgan fingerprint density at radius 1 is 1.30 bits per heavy atom. The average Bonchev–Trinajstić information content (AvgIpc) is 2.76. The molecule has 20 heavy (non-hydrogen) atoms. The highest BCUT2D eigenvalue weighted by molar-refractivity contribution is 6.01. The second-order valence-corrected chi connectivity index (χ2v) is 4.89. The third-order valence-corrected chi connectivity index (χ3v) is 3.52. The molecule has 4 N–H and O–H groups in total. The second-order valence-electron chi connectivity index (χ2n) is 4.89. The fourth-order valence-electron chi connectivity index (χ4n) is 2.44. The number of fused-ring (bicyclic) bond motifs is 1. The molecule has 1 aromatic carbocycles. The Kier molecular flexibility index (Phi) is 3.06. The minimum Gasteiger partial charge on any atom is -0.397 e. The summed E-state index contributed by atoms with van der Waals surface area (Å²) in [5, 5.41) is 3.67. The number of nitrogen functional groups attached to an aromatic ring is 1. The molecule has 0 atom stereocenters. The van der Waals surface area contributed by atoms with E-state index >= 15 is 0 Å². The monoisotopic (exact) mass is 272 g/mol. The van der Waals surface area contributed by atoms with Gasteiger partial charge in [0.1, 0.15) is 5.69 Å². The van der Waals surface area contributed by atoms with Gasteiger partial charge >= 0.3 is 0 Å². The Balaban J connectivity index is 1.88. The molecule has 1 aliphatic heterocycles. The SMILES string of the molecule is Nc1cccc2cc(C(=O)N3CCNC(=O)CC3)[nH]c12. The van der Waals surface area contributed by atoms with Crippen LogP contribution in [0.15, 0.2) is 24.3 Å². The predicted octanol–water partition coefficient (Wildman–Crippen LogP) is 0.712. The largest absolute Gasteiger partial charge is 0.397 e. The molecule has 2 amide bonds. The van der Waals surface area contributed by atoms with Gasteiger partial charge in [0.25, 0.3) is 5.91 Å². The first-order valence-electron chi connectivity index (χ1n) is 6.58. The van der Waals surface area contributed by atoms with Crippen molar-refractivity contribution >= 4 is 28.4 Å². The zero-order chi connectivity index (χ0) is 14.1. The number of amides is 2. The van der Waals surface area contributed by atoms with E-state index in [-0.39, 0.29) is 11.8 Å². The molecule has 1 aromatic heterocycles. The van der Waals surface area contributed by atoms with Crippen molar-refractivity contribution in [2.45, 2.75) is 6.42 Å². The summed E-state index contributed by atoms with van der Waals surface area (Å²) in [6.45, 7) is 1.46. The van der Waals surface area contributed by atoms with Crippen molar-refractivity contribution in [2.24, 2.45) is 0 Å². The zero-order valence-electron chi connectivity index (χ0n) is 11.0. The van der Waals surface area contributed by atoms with E-state index < -0.39 is 0 Å². The fourth-order valence-corrected chi connectivity index (χ4v) is 2.44. The topological polar surface area (TPSA) is 91.2 Å². The van der Waals surface area contributed by atoms with E-state index in [0.29, 0.717) is 37.4 Å². The number of H-pyrrole nitrogens is 1. The summed E-state index contributed by atoms with van der Waals surface area (Å²) in [5.41, 5.74) is 7.78. The molecule has 1 aliphatic rings. The zero-order valence-corrected chi connectivity index (χ0v) is 11.0. The minimum absolute atomic E-state index is 0.0128. The smallest absolute Gasteiger partial charge is 0.270 e. The quantitative estimate of drug-likeness (QED) is 0.668. The number of benzene rings is 1. The van der Waals surface area contributed by atoms with Gasteiger partial charge in [0.2, 0.25) is 5.91 Å². The molecule has 0 saturated carbocycles. The van der Waals surface area contributed by atoms with Crippen molar-refractivity contribution in [1.82, 2.24) is 15.2 Å². The van der Waals surface area contributed by atoms with Gasteiger partial charge in [0.15, 0.2) is 0 Å². The highest BCUT2D eigenvalue weighted by Crippen LogP contribution is 2.22. The van der Waals surface area contributed by atoms with Gasteiger partial charge in [-0.2, -0.15) is 0 Å². The third kappa shape index (κ3) is 2.20. The molecular weight excluding hydrogens is 256 g/mol. The van der Waals surface area contributed by atoms with Crippen LogP contribution < -0.4 is 11.1 Å². The van der Waals surface area contributed by atoms with E-state index in [4.69, 9.17) is 5.73 Å². The van der Waals surface area contributed by atoms with E-state index in [1.54, 1.807) is 17.0 Å². The molecule has 2 aromatic rings. The fraction of sp³-hybridized carbons (Fsp3) is 0.286. The van der Waals surface area contributed by atoms with E-state index in [0.717, 1.165) is 10.9 Å². The van der Waals surface area contributed by atoms with E-state index in [1.165, 1.54) is 0 Å². The molecule has 3 rings (SSSR count). The van der Waals surface area contributed by atoms with Crippen LogP contribution in [0.1, 0.15) is 16.9 Å². The summed E-state index contributed by atoms with van der Waals surface area (Å²) in [6.07, 6.45) is 0.341. The Labute approximate surface area is 115 Å². The van der Waals surface area contributed by atoms with Crippen LogP contribution in [0.25, 0.3) is 10.9 Å². The Hall–Kier alpha value is -2.50. The van der Waals surface area contributed by atoms with E-state index in [9.17, 15) is 9.59 Å². The van der Waals surface area contributed by atoms with Gasteiger partial charge in [-0.15, -0.1) is 0 Å². The second kappa shape index (κ2) is 4.88. The van der Waals surface area contributed by atoms with Crippen LogP contribution in [-0.4, -0.2) is 41.3 Å². The highest BCUT2D eigenvalue weighted by atomic mass is 16.2. The van der Waals surface area contributed by atoms with Crippen LogP contribution in [0.3, 0.4) is 0 Å². The van der Waals surface area contributed by atoms with Crippen molar-refractivity contribution in [3.05, 3.63) is 30.0 Å². The lowest BCUT2D eigenvalue weighted by atomic mass is 10.2. The van der Waals surface area contributed by atoms with E-state index in [2.05, 4.69) is 10.3 Å². The number of hydrogen-bond acceptors (Lipinski definition) is 3. The van der Waals surface area contributed by atoms with Crippen molar-refractivity contribution in [3.8, 4) is 0 Å². The van der Waals surface area contributed by atoms with Crippen LogP contribution in [0.5, 0.6) is 0 Å². The molecule has 1 saturated heterocycles. The Morgan fingerprint density at radius 2 is 2.15 bits per heavy atom. The molecule has 6 heteroatoms. The number of carbonyl (C=O) groups is 2.